The Morgan fingerprint density at radius 2 is 2.15 bits per heavy atom. The molecule has 10 heteroatoms. The molecule has 3 amide bonds. The highest BCUT2D eigenvalue weighted by Crippen LogP contribution is 2.32. The Bertz CT molecular complexity index is 893. The molecule has 27 heavy (non-hydrogen) atoms. The van der Waals surface area contributed by atoms with Crippen LogP contribution in [0, 0.1) is 0 Å². The number of rotatable bonds is 4. The lowest BCUT2D eigenvalue weighted by Crippen LogP contribution is -2.43. The number of fused-ring (bicyclic) bond motifs is 1. The highest BCUT2D eigenvalue weighted by atomic mass is 32.1. The maximum Gasteiger partial charge on any atom is 0.254 e. The molecule has 3 heterocycles. The molecular formula is C17H17N5O4S. The number of nitrogens with zero attached hydrogens (tertiary/aromatic N) is 2. The van der Waals surface area contributed by atoms with Gasteiger partial charge in [0.15, 0.2) is 0 Å². The SMILES string of the molecule is O=C(C[C@H]1NC(=O)c2ccccc2NC1=O)Nc1nnc([C@@H]2CCCO2)s1. The van der Waals surface area contributed by atoms with Crippen LogP contribution in [-0.2, 0) is 14.3 Å². The summed E-state index contributed by atoms with van der Waals surface area (Å²) in [6.07, 6.45) is 1.58. The molecule has 0 unspecified atom stereocenters. The van der Waals surface area contributed by atoms with Crippen LogP contribution in [0.15, 0.2) is 24.3 Å². The van der Waals surface area contributed by atoms with Crippen molar-refractivity contribution in [2.45, 2.75) is 31.4 Å². The second-order valence-electron chi connectivity index (χ2n) is 6.26. The summed E-state index contributed by atoms with van der Waals surface area (Å²) in [4.78, 5) is 36.9. The van der Waals surface area contributed by atoms with E-state index in [1.54, 1.807) is 24.3 Å². The number of hydrogen-bond acceptors (Lipinski definition) is 7. The molecule has 0 spiro atoms. The van der Waals surface area contributed by atoms with E-state index < -0.39 is 23.8 Å². The summed E-state index contributed by atoms with van der Waals surface area (Å²) in [6.45, 7) is 0.699. The Morgan fingerprint density at radius 3 is 2.96 bits per heavy atom. The highest BCUT2D eigenvalue weighted by molar-refractivity contribution is 7.15. The van der Waals surface area contributed by atoms with Crippen molar-refractivity contribution in [3.05, 3.63) is 34.8 Å². The second kappa shape index (κ2) is 7.41. The maximum absolute atomic E-state index is 12.3. The van der Waals surface area contributed by atoms with Gasteiger partial charge in [-0.15, -0.1) is 10.2 Å². The monoisotopic (exact) mass is 387 g/mol. The van der Waals surface area contributed by atoms with Gasteiger partial charge in [-0.05, 0) is 25.0 Å². The van der Waals surface area contributed by atoms with E-state index in [-0.39, 0.29) is 12.5 Å². The predicted octanol–water partition coefficient (Wildman–Crippen LogP) is 1.47. The largest absolute Gasteiger partial charge is 0.371 e. The molecule has 0 radical (unpaired) electrons. The maximum atomic E-state index is 12.3. The number of hydrogen-bond donors (Lipinski definition) is 3. The standard InChI is InChI=1S/C17H17N5O4S/c23-13(20-17-22-21-16(27-17)12-6-3-7-26-12)8-11-15(25)18-10-5-2-1-4-9(10)14(24)19-11/h1-2,4-5,11-12H,3,6-8H2,(H,18,25)(H,19,24)(H,20,22,23)/t11-,12+/m1/s1. The molecular weight excluding hydrogens is 370 g/mol. The summed E-state index contributed by atoms with van der Waals surface area (Å²) in [5.41, 5.74) is 0.785. The van der Waals surface area contributed by atoms with Crippen LogP contribution in [0.2, 0.25) is 0 Å². The first kappa shape index (κ1) is 17.6. The molecule has 140 valence electrons. The topological polar surface area (TPSA) is 122 Å². The van der Waals surface area contributed by atoms with E-state index >= 15 is 0 Å². The molecule has 1 aromatic carbocycles. The van der Waals surface area contributed by atoms with Gasteiger partial charge >= 0.3 is 0 Å². The number of aromatic nitrogens is 2. The third-order valence-electron chi connectivity index (χ3n) is 4.33. The van der Waals surface area contributed by atoms with E-state index in [1.165, 1.54) is 11.3 Å². The zero-order valence-electron chi connectivity index (χ0n) is 14.2. The van der Waals surface area contributed by atoms with Gasteiger partial charge in [-0.3, -0.25) is 14.4 Å². The summed E-state index contributed by atoms with van der Waals surface area (Å²) in [5, 5.41) is 16.9. The Morgan fingerprint density at radius 1 is 1.30 bits per heavy atom. The number of carbonyl (C=O) groups is 3. The van der Waals surface area contributed by atoms with Crippen molar-refractivity contribution >= 4 is 39.9 Å². The zero-order chi connectivity index (χ0) is 18.8. The molecule has 1 saturated heterocycles. The fourth-order valence-corrected chi connectivity index (χ4v) is 3.84. The first-order valence-corrected chi connectivity index (χ1v) is 9.37. The minimum absolute atomic E-state index is 0.0708. The van der Waals surface area contributed by atoms with Crippen LogP contribution in [0.1, 0.15) is 40.7 Å². The lowest BCUT2D eigenvalue weighted by Gasteiger charge is -2.13. The normalized spacial score (nSPS) is 21.8. The van der Waals surface area contributed by atoms with Crippen LogP contribution in [0.5, 0.6) is 0 Å². The zero-order valence-corrected chi connectivity index (χ0v) is 15.0. The minimum Gasteiger partial charge on any atom is -0.371 e. The Hall–Kier alpha value is -2.85. The van der Waals surface area contributed by atoms with E-state index in [9.17, 15) is 14.4 Å². The molecule has 2 aliphatic rings. The van der Waals surface area contributed by atoms with Gasteiger partial charge in [0, 0.05) is 6.61 Å². The molecule has 2 atom stereocenters. The lowest BCUT2D eigenvalue weighted by molar-refractivity contribution is -0.122. The highest BCUT2D eigenvalue weighted by Gasteiger charge is 2.30. The molecule has 2 aliphatic heterocycles. The van der Waals surface area contributed by atoms with Crippen molar-refractivity contribution < 1.29 is 19.1 Å². The van der Waals surface area contributed by atoms with Crippen molar-refractivity contribution in [2.75, 3.05) is 17.2 Å². The molecule has 0 bridgehead atoms. The van der Waals surface area contributed by atoms with Gasteiger partial charge in [0.05, 0.1) is 17.7 Å². The van der Waals surface area contributed by atoms with Crippen LogP contribution >= 0.6 is 11.3 Å². The number of para-hydroxylation sites is 1. The fraction of sp³-hybridized carbons (Fsp3) is 0.353. The molecule has 1 aromatic heterocycles. The van der Waals surface area contributed by atoms with Crippen molar-refractivity contribution in [1.82, 2.24) is 15.5 Å². The van der Waals surface area contributed by atoms with Gasteiger partial charge in [-0.2, -0.15) is 0 Å². The predicted molar refractivity (Wildman–Crippen MR) is 97.4 cm³/mol. The van der Waals surface area contributed by atoms with Crippen LogP contribution < -0.4 is 16.0 Å². The first-order valence-electron chi connectivity index (χ1n) is 8.56. The summed E-state index contributed by atoms with van der Waals surface area (Å²) in [5.74, 6) is -1.28. The molecule has 4 rings (SSSR count). The first-order chi connectivity index (χ1) is 13.1. The second-order valence-corrected chi connectivity index (χ2v) is 7.27. The average molecular weight is 387 g/mol. The molecule has 9 nitrogen and oxygen atoms in total. The van der Waals surface area contributed by atoms with Gasteiger partial charge in [0.2, 0.25) is 16.9 Å². The van der Waals surface area contributed by atoms with E-state index in [2.05, 4.69) is 26.1 Å². The smallest absolute Gasteiger partial charge is 0.254 e. The van der Waals surface area contributed by atoms with Crippen LogP contribution in [0.4, 0.5) is 10.8 Å². The minimum atomic E-state index is -0.976. The molecule has 1 fully saturated rings. The third-order valence-corrected chi connectivity index (χ3v) is 5.26. The number of benzene rings is 1. The van der Waals surface area contributed by atoms with Crippen molar-refractivity contribution in [2.24, 2.45) is 0 Å². The van der Waals surface area contributed by atoms with Gasteiger partial charge in [-0.25, -0.2) is 0 Å². The molecule has 3 N–H and O–H groups in total. The van der Waals surface area contributed by atoms with E-state index in [1.807, 2.05) is 0 Å². The average Bonchev–Trinajstić information content (AvgIpc) is 3.31. The summed E-state index contributed by atoms with van der Waals surface area (Å²) < 4.78 is 5.54. The Kier molecular flexibility index (Phi) is 4.82. The van der Waals surface area contributed by atoms with E-state index in [0.717, 1.165) is 17.8 Å². The van der Waals surface area contributed by atoms with E-state index in [0.29, 0.717) is 23.0 Å². The van der Waals surface area contributed by atoms with Gasteiger partial charge in [0.25, 0.3) is 5.91 Å². The van der Waals surface area contributed by atoms with Crippen molar-refractivity contribution in [1.29, 1.82) is 0 Å². The van der Waals surface area contributed by atoms with Crippen molar-refractivity contribution in [3.8, 4) is 0 Å². The Labute approximate surface area is 158 Å². The summed E-state index contributed by atoms with van der Waals surface area (Å²) in [7, 11) is 0. The van der Waals surface area contributed by atoms with Gasteiger partial charge in [-0.1, -0.05) is 23.5 Å². The van der Waals surface area contributed by atoms with Crippen LogP contribution in [0.3, 0.4) is 0 Å². The summed E-state index contributed by atoms with van der Waals surface area (Å²) in [6, 6.07) is 5.71. The number of ether oxygens (including phenoxy) is 1. The van der Waals surface area contributed by atoms with Crippen LogP contribution in [0.25, 0.3) is 0 Å². The molecule has 2 aromatic rings. The van der Waals surface area contributed by atoms with Crippen LogP contribution in [-0.4, -0.2) is 40.6 Å². The third kappa shape index (κ3) is 3.81. The van der Waals surface area contributed by atoms with Crippen molar-refractivity contribution in [3.63, 3.8) is 0 Å². The lowest BCUT2D eigenvalue weighted by atomic mass is 10.1. The van der Waals surface area contributed by atoms with E-state index in [4.69, 9.17) is 4.74 Å². The quantitative estimate of drug-likeness (QED) is 0.730. The summed E-state index contributed by atoms with van der Waals surface area (Å²) >= 11 is 1.25. The Balaban J connectivity index is 1.39. The van der Waals surface area contributed by atoms with Gasteiger partial charge in [0.1, 0.15) is 17.2 Å². The fourth-order valence-electron chi connectivity index (χ4n) is 3.00. The number of amides is 3. The molecule has 0 saturated carbocycles. The molecule has 0 aliphatic carbocycles. The number of anilines is 2. The van der Waals surface area contributed by atoms with Gasteiger partial charge < -0.3 is 20.7 Å². The number of carbonyl (C=O) groups excluding carboxylic acids is 3. The number of nitrogens with one attached hydrogen (secondary N) is 3.